The van der Waals surface area contributed by atoms with Gasteiger partial charge in [0.1, 0.15) is 6.79 Å². The normalized spacial score (nSPS) is 14.2. The molecule has 0 heterocycles. The van der Waals surface area contributed by atoms with Crippen LogP contribution in [0, 0.1) is 0 Å². The first-order valence-electron chi connectivity index (χ1n) is 15.6. The molecule has 0 N–H and O–H groups in total. The van der Waals surface area contributed by atoms with Crippen molar-refractivity contribution >= 4 is 32.7 Å². The molecule has 42 heavy (non-hydrogen) atoms. The first kappa shape index (κ1) is 36.2. The molecule has 0 saturated heterocycles. The standard InChI is InChI=1S/C35H56O5Si2/c1-30(39-29-38-27-28-41(6,7)8)19-13-9-10-14-20-31(25-26-34(36)37-5)40-42(35(2,3)4,32-21-15-11-16-22-32)33-23-17-12-18-24-33/h11-12,15-18,21-26,30-31H,9-10,13-14,19-20,27-29H2,1-8H3/b26-25+/t30-,31+/m1/s1. The number of methoxy groups -OCH3 is 1. The van der Waals surface area contributed by atoms with Gasteiger partial charge in [-0.2, -0.15) is 0 Å². The van der Waals surface area contributed by atoms with E-state index in [1.807, 2.05) is 6.08 Å². The highest BCUT2D eigenvalue weighted by Gasteiger charge is 2.51. The monoisotopic (exact) mass is 612 g/mol. The number of hydrogen-bond donors (Lipinski definition) is 0. The van der Waals surface area contributed by atoms with Crippen molar-refractivity contribution in [2.24, 2.45) is 0 Å². The fourth-order valence-corrected chi connectivity index (χ4v) is 10.6. The van der Waals surface area contributed by atoms with Crippen molar-refractivity contribution < 1.29 is 23.4 Å². The van der Waals surface area contributed by atoms with E-state index in [9.17, 15) is 4.79 Å². The van der Waals surface area contributed by atoms with E-state index in [1.54, 1.807) is 0 Å². The van der Waals surface area contributed by atoms with Crippen LogP contribution in [0.5, 0.6) is 0 Å². The molecule has 2 atom stereocenters. The average Bonchev–Trinajstić information content (AvgIpc) is 2.95. The third kappa shape index (κ3) is 12.3. The molecule has 2 aromatic carbocycles. The van der Waals surface area contributed by atoms with Gasteiger partial charge >= 0.3 is 5.97 Å². The highest BCUT2D eigenvalue weighted by molar-refractivity contribution is 6.99. The third-order valence-electron chi connectivity index (χ3n) is 7.67. The summed E-state index contributed by atoms with van der Waals surface area (Å²) in [6.45, 7) is 17.2. The predicted octanol–water partition coefficient (Wildman–Crippen LogP) is 7.72. The molecule has 0 unspecified atom stereocenters. The zero-order valence-electron chi connectivity index (χ0n) is 27.5. The SMILES string of the molecule is COC(=O)/C=C/[C@H](CCCCCC[C@@H](C)OCOCC[Si](C)(C)C)O[Si](c1ccccc1)(c1ccccc1)C(C)(C)C. The second kappa shape index (κ2) is 17.9. The Hall–Kier alpha value is -2.04. The van der Waals surface area contributed by atoms with E-state index in [0.717, 1.165) is 45.1 Å². The maximum atomic E-state index is 12.1. The van der Waals surface area contributed by atoms with Gasteiger partial charge in [0.05, 0.1) is 19.3 Å². The van der Waals surface area contributed by atoms with Gasteiger partial charge in [0.2, 0.25) is 0 Å². The maximum absolute atomic E-state index is 12.1. The minimum Gasteiger partial charge on any atom is -0.466 e. The number of hydrogen-bond acceptors (Lipinski definition) is 5. The van der Waals surface area contributed by atoms with E-state index < -0.39 is 16.4 Å². The van der Waals surface area contributed by atoms with E-state index in [0.29, 0.717) is 6.79 Å². The summed E-state index contributed by atoms with van der Waals surface area (Å²) < 4.78 is 23.8. The molecule has 0 spiro atoms. The van der Waals surface area contributed by atoms with Gasteiger partial charge in [-0.3, -0.25) is 0 Å². The van der Waals surface area contributed by atoms with Gasteiger partial charge in [-0.25, -0.2) is 4.79 Å². The molecule has 0 saturated carbocycles. The van der Waals surface area contributed by atoms with Gasteiger partial charge in [-0.15, -0.1) is 0 Å². The molecule has 5 nitrogen and oxygen atoms in total. The number of carbonyl (C=O) groups is 1. The summed E-state index contributed by atoms with van der Waals surface area (Å²) >= 11 is 0. The molecule has 7 heteroatoms. The van der Waals surface area contributed by atoms with Crippen LogP contribution in [-0.4, -0.2) is 55.1 Å². The molecule has 0 amide bonds. The lowest BCUT2D eigenvalue weighted by Gasteiger charge is -2.44. The van der Waals surface area contributed by atoms with Gasteiger partial charge in [0.15, 0.2) is 0 Å². The quantitative estimate of drug-likeness (QED) is 0.0535. The number of ether oxygens (including phenoxy) is 3. The smallest absolute Gasteiger partial charge is 0.330 e. The number of benzene rings is 2. The van der Waals surface area contributed by atoms with E-state index in [4.69, 9.17) is 18.6 Å². The minimum absolute atomic E-state index is 0.137. The second-order valence-electron chi connectivity index (χ2n) is 13.5. The lowest BCUT2D eigenvalue weighted by atomic mass is 10.1. The van der Waals surface area contributed by atoms with Crippen molar-refractivity contribution in [3.05, 3.63) is 72.8 Å². The van der Waals surface area contributed by atoms with Gasteiger partial charge < -0.3 is 18.6 Å². The summed E-state index contributed by atoms with van der Waals surface area (Å²) in [6, 6.07) is 22.5. The molecule has 2 rings (SSSR count). The largest absolute Gasteiger partial charge is 0.466 e. The first-order valence-corrected chi connectivity index (χ1v) is 21.2. The number of esters is 1. The van der Waals surface area contributed by atoms with Crippen LogP contribution in [0.2, 0.25) is 30.7 Å². The fraction of sp³-hybridized carbons (Fsp3) is 0.571. The van der Waals surface area contributed by atoms with E-state index in [-0.39, 0.29) is 23.2 Å². The fourth-order valence-electron chi connectivity index (χ4n) is 5.18. The Morgan fingerprint density at radius 2 is 1.40 bits per heavy atom. The number of carbonyl (C=O) groups excluding carboxylic acids is 1. The van der Waals surface area contributed by atoms with Crippen LogP contribution in [0.3, 0.4) is 0 Å². The van der Waals surface area contributed by atoms with Crippen LogP contribution in [0.25, 0.3) is 0 Å². The van der Waals surface area contributed by atoms with Crippen molar-refractivity contribution in [2.45, 2.75) is 109 Å². The Kier molecular flexibility index (Phi) is 15.4. The average molecular weight is 613 g/mol. The van der Waals surface area contributed by atoms with Crippen LogP contribution in [-0.2, 0) is 23.4 Å². The van der Waals surface area contributed by atoms with Crippen LogP contribution in [0.4, 0.5) is 0 Å². The lowest BCUT2D eigenvalue weighted by molar-refractivity contribution is -0.134. The number of unbranched alkanes of at least 4 members (excludes halogenated alkanes) is 3. The molecule has 0 aliphatic carbocycles. The molecule has 0 aliphatic rings. The zero-order valence-corrected chi connectivity index (χ0v) is 29.5. The van der Waals surface area contributed by atoms with Gasteiger partial charge in [-0.1, -0.05) is 127 Å². The van der Waals surface area contributed by atoms with Crippen molar-refractivity contribution in [2.75, 3.05) is 20.5 Å². The molecule has 2 aromatic rings. The summed E-state index contributed by atoms with van der Waals surface area (Å²) in [6.07, 6.45) is 9.67. The Labute approximate surface area is 258 Å². The van der Waals surface area contributed by atoms with Crippen molar-refractivity contribution in [1.82, 2.24) is 0 Å². The summed E-state index contributed by atoms with van der Waals surface area (Å²) in [7, 11) is -2.39. The lowest BCUT2D eigenvalue weighted by Crippen LogP contribution is -2.67. The summed E-state index contributed by atoms with van der Waals surface area (Å²) in [5.41, 5.74) is 0. The molecule has 0 aromatic heterocycles. The summed E-state index contributed by atoms with van der Waals surface area (Å²) in [4.78, 5) is 12.1. The van der Waals surface area contributed by atoms with Crippen LogP contribution < -0.4 is 10.4 Å². The van der Waals surface area contributed by atoms with Gasteiger partial charge in [0, 0.05) is 20.8 Å². The maximum Gasteiger partial charge on any atom is 0.330 e. The van der Waals surface area contributed by atoms with Gasteiger partial charge in [-0.05, 0) is 47.3 Å². The molecule has 234 valence electrons. The number of rotatable bonds is 19. The minimum atomic E-state index is -2.74. The molecule has 0 aliphatic heterocycles. The van der Waals surface area contributed by atoms with E-state index >= 15 is 0 Å². The van der Waals surface area contributed by atoms with Crippen molar-refractivity contribution in [3.63, 3.8) is 0 Å². The second-order valence-corrected chi connectivity index (χ2v) is 23.4. The van der Waals surface area contributed by atoms with Crippen molar-refractivity contribution in [1.29, 1.82) is 0 Å². The Bertz CT molecular complexity index is 1010. The third-order valence-corrected chi connectivity index (χ3v) is 14.4. The Balaban J connectivity index is 2.04. The molecular formula is C35H56O5Si2. The first-order chi connectivity index (χ1) is 19.9. The highest BCUT2D eigenvalue weighted by atomic mass is 28.4. The molecule has 0 fully saturated rings. The molecule has 0 bridgehead atoms. The van der Waals surface area contributed by atoms with Crippen LogP contribution in [0.15, 0.2) is 72.8 Å². The summed E-state index contributed by atoms with van der Waals surface area (Å²) in [5.74, 6) is -0.357. The Morgan fingerprint density at radius 1 is 0.857 bits per heavy atom. The van der Waals surface area contributed by atoms with Crippen LogP contribution >= 0.6 is 0 Å². The van der Waals surface area contributed by atoms with E-state index in [2.05, 4.69) is 108 Å². The van der Waals surface area contributed by atoms with Crippen molar-refractivity contribution in [3.8, 4) is 0 Å². The zero-order chi connectivity index (χ0) is 31.1. The van der Waals surface area contributed by atoms with Crippen LogP contribution in [0.1, 0.15) is 66.2 Å². The predicted molar refractivity (Wildman–Crippen MR) is 181 cm³/mol. The van der Waals surface area contributed by atoms with Gasteiger partial charge in [0.25, 0.3) is 8.32 Å². The highest BCUT2D eigenvalue weighted by Crippen LogP contribution is 2.38. The van der Waals surface area contributed by atoms with E-state index in [1.165, 1.54) is 29.6 Å². The molecular weight excluding hydrogens is 557 g/mol. The topological polar surface area (TPSA) is 54.0 Å². The Morgan fingerprint density at radius 3 is 1.90 bits per heavy atom. The molecule has 0 radical (unpaired) electrons. The summed E-state index contributed by atoms with van der Waals surface area (Å²) in [5, 5.41) is 2.33.